The Balaban J connectivity index is 1.36. The number of fused-ring (bicyclic) bond motifs is 2. The number of carbonyl (C=O) groups is 2. The molecule has 1 fully saturated rings. The first-order valence-electron chi connectivity index (χ1n) is 12.4. The van der Waals surface area contributed by atoms with Crippen LogP contribution in [0.3, 0.4) is 0 Å². The molecule has 0 spiro atoms. The van der Waals surface area contributed by atoms with Crippen LogP contribution in [-0.4, -0.2) is 55.9 Å². The Kier molecular flexibility index (Phi) is 6.36. The fourth-order valence-electron chi connectivity index (χ4n) is 5.09. The number of nitrogens with two attached hydrogens (primary N) is 1. The number of aromatic amines is 2. The third-order valence-electron chi connectivity index (χ3n) is 7.11. The average Bonchev–Trinajstić information content (AvgIpc) is 3.42. The van der Waals surface area contributed by atoms with Crippen molar-refractivity contribution in [1.29, 1.82) is 0 Å². The molecule has 1 atom stereocenters. The minimum Gasteiger partial charge on any atom is -0.361 e. The van der Waals surface area contributed by atoms with E-state index in [1.54, 1.807) is 35.6 Å². The van der Waals surface area contributed by atoms with Crippen molar-refractivity contribution in [2.45, 2.75) is 50.7 Å². The van der Waals surface area contributed by atoms with E-state index in [-0.39, 0.29) is 29.9 Å². The first-order valence-corrected chi connectivity index (χ1v) is 12.4. The van der Waals surface area contributed by atoms with Crippen LogP contribution >= 0.6 is 0 Å². The maximum Gasteiger partial charge on any atom is 0.326 e. The molecule has 5 N–H and O–H groups in total. The van der Waals surface area contributed by atoms with E-state index in [1.165, 1.54) is 12.1 Å². The average molecular weight is 507 g/mol. The number of nitrogens with zero attached hydrogens (tertiary/aromatic N) is 2. The smallest absolute Gasteiger partial charge is 0.326 e. The summed E-state index contributed by atoms with van der Waals surface area (Å²) in [5.41, 5.74) is 7.77. The summed E-state index contributed by atoms with van der Waals surface area (Å²) in [6.45, 7) is 4.04. The first kappa shape index (κ1) is 24.8. The molecule has 0 radical (unpaired) electrons. The quantitative estimate of drug-likeness (QED) is 0.320. The Labute approximate surface area is 212 Å². The Morgan fingerprint density at radius 1 is 1.16 bits per heavy atom. The van der Waals surface area contributed by atoms with Crippen molar-refractivity contribution in [1.82, 2.24) is 24.8 Å². The Morgan fingerprint density at radius 2 is 1.89 bits per heavy atom. The third-order valence-corrected chi connectivity index (χ3v) is 7.11. The van der Waals surface area contributed by atoms with Gasteiger partial charge in [0.1, 0.15) is 11.9 Å². The molecule has 2 aromatic carbocycles. The van der Waals surface area contributed by atoms with Gasteiger partial charge in [-0.2, -0.15) is 0 Å². The lowest BCUT2D eigenvalue weighted by atomic mass is 9.99. The second-order valence-corrected chi connectivity index (χ2v) is 10.3. The van der Waals surface area contributed by atoms with Crippen molar-refractivity contribution in [3.8, 4) is 0 Å². The number of aromatic nitrogens is 3. The van der Waals surface area contributed by atoms with E-state index in [2.05, 4.69) is 15.3 Å². The van der Waals surface area contributed by atoms with Gasteiger partial charge >= 0.3 is 5.69 Å². The van der Waals surface area contributed by atoms with Crippen molar-refractivity contribution >= 4 is 33.8 Å². The van der Waals surface area contributed by atoms with E-state index in [9.17, 15) is 18.8 Å². The van der Waals surface area contributed by atoms with Gasteiger partial charge in [0.25, 0.3) is 0 Å². The summed E-state index contributed by atoms with van der Waals surface area (Å²) in [6.07, 6.45) is 3.13. The van der Waals surface area contributed by atoms with Crippen LogP contribution < -0.4 is 16.7 Å². The maximum atomic E-state index is 13.9. The standard InChI is InChI=1S/C27H31FN6O3/c1-27(2,29)25(36)31-22(13-16-15-30-20-8-7-17(28)14-19(16)20)24(35)33-11-9-18(10-12-33)34-23-6-4-3-5-21(23)32-26(34)37/h3-8,14-15,18,22,30H,9-13,29H2,1-2H3,(H,31,36)(H,32,37)/t22-/m1/s1. The number of benzene rings is 2. The van der Waals surface area contributed by atoms with Gasteiger partial charge < -0.3 is 25.9 Å². The lowest BCUT2D eigenvalue weighted by Crippen LogP contribution is -2.57. The normalized spacial score (nSPS) is 15.8. The van der Waals surface area contributed by atoms with Crippen LogP contribution in [0.25, 0.3) is 21.9 Å². The molecule has 2 aromatic heterocycles. The van der Waals surface area contributed by atoms with Gasteiger partial charge in [-0.15, -0.1) is 0 Å². The van der Waals surface area contributed by atoms with E-state index < -0.39 is 17.5 Å². The number of imidazole rings is 1. The van der Waals surface area contributed by atoms with Crippen molar-refractivity contribution in [2.24, 2.45) is 5.73 Å². The highest BCUT2D eigenvalue weighted by atomic mass is 19.1. The fourth-order valence-corrected chi connectivity index (χ4v) is 5.09. The molecule has 194 valence electrons. The van der Waals surface area contributed by atoms with Gasteiger partial charge in [-0.05, 0) is 62.6 Å². The van der Waals surface area contributed by atoms with Crippen LogP contribution in [0.1, 0.15) is 38.3 Å². The number of halogens is 1. The number of para-hydroxylation sites is 2. The van der Waals surface area contributed by atoms with Crippen molar-refractivity contribution in [3.05, 3.63) is 70.5 Å². The predicted octanol–water partition coefficient (Wildman–Crippen LogP) is 2.58. The Hall–Kier alpha value is -3.92. The molecule has 2 amide bonds. The van der Waals surface area contributed by atoms with Gasteiger partial charge in [-0.3, -0.25) is 14.2 Å². The second kappa shape index (κ2) is 9.51. The number of amides is 2. The summed E-state index contributed by atoms with van der Waals surface area (Å²) in [5.74, 6) is -1.05. The molecule has 0 unspecified atom stereocenters. The van der Waals surface area contributed by atoms with Gasteiger partial charge in [0.2, 0.25) is 11.8 Å². The zero-order chi connectivity index (χ0) is 26.3. The maximum absolute atomic E-state index is 13.9. The van der Waals surface area contributed by atoms with E-state index in [0.29, 0.717) is 31.3 Å². The first-order chi connectivity index (χ1) is 17.6. The molecule has 4 aromatic rings. The molecule has 9 nitrogen and oxygen atoms in total. The number of hydrogen-bond donors (Lipinski definition) is 4. The van der Waals surface area contributed by atoms with Gasteiger partial charge in [-0.25, -0.2) is 9.18 Å². The molecule has 1 saturated heterocycles. The van der Waals surface area contributed by atoms with E-state index in [1.807, 2.05) is 24.3 Å². The summed E-state index contributed by atoms with van der Waals surface area (Å²) < 4.78 is 15.7. The van der Waals surface area contributed by atoms with Crippen molar-refractivity contribution in [2.75, 3.05) is 13.1 Å². The fraction of sp³-hybridized carbons (Fsp3) is 0.370. The molecule has 0 saturated carbocycles. The monoisotopic (exact) mass is 506 g/mol. The number of nitrogens with one attached hydrogen (secondary N) is 3. The highest BCUT2D eigenvalue weighted by Crippen LogP contribution is 2.26. The number of carbonyl (C=O) groups excluding carboxylic acids is 2. The number of likely N-dealkylation sites (tertiary alicyclic amines) is 1. The SMILES string of the molecule is CC(C)(N)C(=O)N[C@H](Cc1c[nH]c2ccc(F)cc12)C(=O)N1CCC(n2c(=O)[nH]c3ccccc32)CC1. The van der Waals surface area contributed by atoms with Crippen LogP contribution in [0.5, 0.6) is 0 Å². The summed E-state index contributed by atoms with van der Waals surface area (Å²) in [7, 11) is 0. The van der Waals surface area contributed by atoms with E-state index in [0.717, 1.165) is 22.1 Å². The van der Waals surface area contributed by atoms with Gasteiger partial charge in [-0.1, -0.05) is 12.1 Å². The predicted molar refractivity (Wildman–Crippen MR) is 140 cm³/mol. The van der Waals surface area contributed by atoms with Crippen molar-refractivity contribution < 1.29 is 14.0 Å². The third kappa shape index (κ3) is 4.89. The van der Waals surface area contributed by atoms with Crippen LogP contribution in [0.2, 0.25) is 0 Å². The molecule has 5 rings (SSSR count). The van der Waals surface area contributed by atoms with Crippen LogP contribution in [0.15, 0.2) is 53.5 Å². The van der Waals surface area contributed by atoms with E-state index >= 15 is 0 Å². The summed E-state index contributed by atoms with van der Waals surface area (Å²) in [4.78, 5) is 46.8. The van der Waals surface area contributed by atoms with Gasteiger partial charge in [0.05, 0.1) is 16.6 Å². The molecule has 1 aliphatic heterocycles. The number of piperidine rings is 1. The summed E-state index contributed by atoms with van der Waals surface area (Å²) >= 11 is 0. The molecular weight excluding hydrogens is 475 g/mol. The van der Waals surface area contributed by atoms with Crippen molar-refractivity contribution in [3.63, 3.8) is 0 Å². The topological polar surface area (TPSA) is 129 Å². The van der Waals surface area contributed by atoms with Gasteiger partial charge in [0.15, 0.2) is 0 Å². The molecule has 37 heavy (non-hydrogen) atoms. The molecular formula is C27H31FN6O3. The Bertz CT molecular complexity index is 1520. The lowest BCUT2D eigenvalue weighted by Gasteiger charge is -2.35. The van der Waals surface area contributed by atoms with Crippen LogP contribution in [0, 0.1) is 5.82 Å². The number of rotatable bonds is 6. The van der Waals surface area contributed by atoms with Crippen LogP contribution in [-0.2, 0) is 16.0 Å². The molecule has 3 heterocycles. The molecule has 10 heteroatoms. The number of H-pyrrole nitrogens is 2. The Morgan fingerprint density at radius 3 is 2.62 bits per heavy atom. The van der Waals surface area contributed by atoms with Gasteiger partial charge in [0, 0.05) is 42.7 Å². The highest BCUT2D eigenvalue weighted by Gasteiger charge is 2.33. The zero-order valence-electron chi connectivity index (χ0n) is 20.9. The zero-order valence-corrected chi connectivity index (χ0v) is 20.9. The summed E-state index contributed by atoms with van der Waals surface area (Å²) in [5, 5.41) is 3.48. The van der Waals surface area contributed by atoms with E-state index in [4.69, 9.17) is 5.73 Å². The number of hydrogen-bond acceptors (Lipinski definition) is 4. The van der Waals surface area contributed by atoms with Crippen LogP contribution in [0.4, 0.5) is 4.39 Å². The molecule has 0 aliphatic carbocycles. The lowest BCUT2D eigenvalue weighted by molar-refractivity contribution is -0.138. The molecule has 0 bridgehead atoms. The minimum atomic E-state index is -1.17. The second-order valence-electron chi connectivity index (χ2n) is 10.3. The molecule has 1 aliphatic rings. The minimum absolute atomic E-state index is 0.0414. The largest absolute Gasteiger partial charge is 0.361 e. The highest BCUT2D eigenvalue weighted by molar-refractivity contribution is 5.92. The summed E-state index contributed by atoms with van der Waals surface area (Å²) in [6, 6.07) is 11.1.